The van der Waals surface area contributed by atoms with Gasteiger partial charge in [0.2, 0.25) is 0 Å². The molecule has 10 N–H and O–H groups in total. The zero-order valence-corrected chi connectivity index (χ0v) is 23.9. The minimum absolute atomic E-state index is 0. The van der Waals surface area contributed by atoms with Crippen LogP contribution >= 0.6 is 48.0 Å². The summed E-state index contributed by atoms with van der Waals surface area (Å²) in [7, 11) is 0. The van der Waals surface area contributed by atoms with E-state index < -0.39 is 0 Å². The average Bonchev–Trinajstić information content (AvgIpc) is 2.88. The Balaban J connectivity index is 0.000000630. The number of thiocarbonyl (C=S) groups is 1. The number of hydrogen-bond acceptors (Lipinski definition) is 10. The summed E-state index contributed by atoms with van der Waals surface area (Å²) in [4.78, 5) is 17.1. The molecule has 0 spiro atoms. The van der Waals surface area contributed by atoms with Crippen molar-refractivity contribution < 1.29 is 0 Å². The van der Waals surface area contributed by atoms with E-state index in [1.165, 1.54) is 11.8 Å². The van der Waals surface area contributed by atoms with Gasteiger partial charge in [-0.1, -0.05) is 11.8 Å². The largest absolute Gasteiger partial charge is 0.379 e. The summed E-state index contributed by atoms with van der Waals surface area (Å²) in [5, 5.41) is 26.8. The molecule has 4 aromatic heterocycles. The van der Waals surface area contributed by atoms with Crippen LogP contribution in [0.5, 0.6) is 0 Å². The molecule has 0 bridgehead atoms. The molecule has 0 aliphatic rings. The lowest BCUT2D eigenvalue weighted by atomic mass is 10.1. The average molecular weight is 605 g/mol. The van der Waals surface area contributed by atoms with Gasteiger partial charge in [-0.05, 0) is 36.5 Å². The van der Waals surface area contributed by atoms with Crippen LogP contribution in [-0.2, 0) is 24.5 Å². The zero-order valence-electron chi connectivity index (χ0n) is 20.7. The third-order valence-electron chi connectivity index (χ3n) is 4.67. The third kappa shape index (κ3) is 10.8. The standard InChI is InChI=1S/C12H11N5S.C11H8ClN3.CH4N2S.ClH.H3N/c13-4-3-9-10(7-18-12(14)15)17-6-8-2-1-5-16-11(8)9;12-6-10-9(3-4-13)11-8(7-15-10)2-1-5-14-11;2-1(3)4;;/h1-2,5-6H,3,7H2,(H3,14,15);1-2,5,7H,3,6H2;(H4,2,3,4);1H;1H3. The summed E-state index contributed by atoms with van der Waals surface area (Å²) in [6.45, 7) is 0. The number of halogens is 2. The molecule has 11 nitrogen and oxygen atoms in total. The fourth-order valence-electron chi connectivity index (χ4n) is 3.19. The fourth-order valence-corrected chi connectivity index (χ4v) is 3.96. The highest BCUT2D eigenvalue weighted by Gasteiger charge is 2.11. The molecule has 0 aliphatic heterocycles. The number of hydrogen-bond donors (Lipinski definition) is 5. The van der Waals surface area contributed by atoms with Crippen LogP contribution in [0.1, 0.15) is 22.5 Å². The first kappa shape index (κ1) is 35.2. The van der Waals surface area contributed by atoms with Crippen molar-refractivity contribution in [2.24, 2.45) is 17.2 Å². The number of nitrogens with two attached hydrogens (primary N) is 3. The molecule has 39 heavy (non-hydrogen) atoms. The van der Waals surface area contributed by atoms with Crippen LogP contribution in [-0.4, -0.2) is 30.2 Å². The van der Waals surface area contributed by atoms with Crippen LogP contribution in [0.15, 0.2) is 49.1 Å². The number of rotatable bonds is 5. The van der Waals surface area contributed by atoms with E-state index in [2.05, 4.69) is 55.8 Å². The molecule has 0 radical (unpaired) electrons. The quantitative estimate of drug-likeness (QED) is 0.0939. The van der Waals surface area contributed by atoms with Crippen LogP contribution in [0.3, 0.4) is 0 Å². The van der Waals surface area contributed by atoms with Crippen molar-refractivity contribution in [2.75, 3.05) is 0 Å². The molecule has 0 atom stereocenters. The van der Waals surface area contributed by atoms with Gasteiger partial charge in [0.15, 0.2) is 10.3 Å². The number of alkyl halides is 1. The highest BCUT2D eigenvalue weighted by molar-refractivity contribution is 8.13. The summed E-state index contributed by atoms with van der Waals surface area (Å²) in [6, 6.07) is 11.8. The van der Waals surface area contributed by atoms with Gasteiger partial charge in [-0.2, -0.15) is 10.5 Å². The van der Waals surface area contributed by atoms with Gasteiger partial charge in [0.05, 0.1) is 53.3 Å². The Bertz CT molecular complexity index is 1480. The Labute approximate surface area is 246 Å². The zero-order chi connectivity index (χ0) is 27.2. The van der Waals surface area contributed by atoms with Crippen molar-refractivity contribution >= 4 is 80.1 Å². The van der Waals surface area contributed by atoms with Gasteiger partial charge < -0.3 is 23.4 Å². The molecule has 0 unspecified atom stereocenters. The molecule has 15 heteroatoms. The molecule has 0 saturated heterocycles. The van der Waals surface area contributed by atoms with Crippen molar-refractivity contribution in [2.45, 2.75) is 24.5 Å². The van der Waals surface area contributed by atoms with E-state index >= 15 is 0 Å². The van der Waals surface area contributed by atoms with Gasteiger partial charge in [-0.3, -0.25) is 25.3 Å². The molecule has 0 fully saturated rings. The maximum absolute atomic E-state index is 8.90. The summed E-state index contributed by atoms with van der Waals surface area (Å²) >= 11 is 11.1. The lowest BCUT2D eigenvalue weighted by molar-refractivity contribution is 1.10. The summed E-state index contributed by atoms with van der Waals surface area (Å²) in [5.74, 6) is 0.794. The number of amidine groups is 1. The minimum Gasteiger partial charge on any atom is -0.379 e. The number of fused-ring (bicyclic) bond motifs is 2. The van der Waals surface area contributed by atoms with Crippen molar-refractivity contribution in [1.29, 1.82) is 15.9 Å². The van der Waals surface area contributed by atoms with Crippen molar-refractivity contribution in [1.82, 2.24) is 26.1 Å². The lowest BCUT2D eigenvalue weighted by Crippen LogP contribution is -2.18. The number of nitriles is 2. The van der Waals surface area contributed by atoms with E-state index in [1.54, 1.807) is 24.8 Å². The first-order chi connectivity index (χ1) is 17.8. The first-order valence-corrected chi connectivity index (χ1v) is 12.5. The van der Waals surface area contributed by atoms with Gasteiger partial charge >= 0.3 is 0 Å². The molecule has 0 amide bonds. The second-order valence-corrected chi connectivity index (χ2v) is 8.86. The van der Waals surface area contributed by atoms with Crippen molar-refractivity contribution in [3.05, 3.63) is 71.6 Å². The van der Waals surface area contributed by atoms with E-state index in [9.17, 15) is 0 Å². The van der Waals surface area contributed by atoms with Gasteiger partial charge in [0.1, 0.15) is 0 Å². The monoisotopic (exact) mass is 603 g/mol. The van der Waals surface area contributed by atoms with E-state index in [-0.39, 0.29) is 35.3 Å². The normalized spacial score (nSPS) is 9.21. The molecular weight excluding hydrogens is 577 g/mol. The van der Waals surface area contributed by atoms with Crippen LogP contribution < -0.4 is 23.4 Å². The number of nitrogens with zero attached hydrogens (tertiary/aromatic N) is 6. The maximum Gasteiger partial charge on any atom is 0.160 e. The van der Waals surface area contributed by atoms with E-state index in [0.717, 1.165) is 44.3 Å². The molecule has 4 heterocycles. The van der Waals surface area contributed by atoms with Crippen molar-refractivity contribution in [3.8, 4) is 12.1 Å². The maximum atomic E-state index is 8.90. The second-order valence-electron chi connectivity index (χ2n) is 7.11. The van der Waals surface area contributed by atoms with Crippen LogP contribution in [0.25, 0.3) is 21.8 Å². The van der Waals surface area contributed by atoms with Gasteiger partial charge in [0, 0.05) is 52.4 Å². The second kappa shape index (κ2) is 18.4. The van der Waals surface area contributed by atoms with Gasteiger partial charge in [-0.15, -0.1) is 24.0 Å². The smallest absolute Gasteiger partial charge is 0.160 e. The van der Waals surface area contributed by atoms with Crippen LogP contribution in [0, 0.1) is 28.1 Å². The van der Waals surface area contributed by atoms with Gasteiger partial charge in [0.25, 0.3) is 0 Å². The number of thioether (sulfide) groups is 1. The molecule has 0 aromatic carbocycles. The molecule has 0 aliphatic carbocycles. The summed E-state index contributed by atoms with van der Waals surface area (Å²) < 4.78 is 0. The minimum atomic E-state index is 0. The number of aromatic nitrogens is 4. The highest BCUT2D eigenvalue weighted by atomic mass is 35.5. The molecule has 204 valence electrons. The molecule has 4 aromatic rings. The Morgan fingerprint density at radius 3 is 1.74 bits per heavy atom. The van der Waals surface area contributed by atoms with Crippen LogP contribution in [0.2, 0.25) is 0 Å². The Kier molecular flexibility index (Phi) is 16.6. The molecule has 4 rings (SSSR count). The summed E-state index contributed by atoms with van der Waals surface area (Å²) in [5.41, 5.74) is 19.3. The Morgan fingerprint density at radius 2 is 1.33 bits per heavy atom. The molecular formula is C24H27Cl2N11S2. The Hall–Kier alpha value is -3.85. The number of nitrogens with one attached hydrogen (secondary N) is 1. The van der Waals surface area contributed by atoms with Crippen molar-refractivity contribution in [3.63, 3.8) is 0 Å². The third-order valence-corrected chi connectivity index (χ3v) is 5.65. The van der Waals surface area contributed by atoms with Crippen LogP contribution in [0.4, 0.5) is 0 Å². The lowest BCUT2D eigenvalue weighted by Gasteiger charge is -2.08. The Morgan fingerprint density at radius 1 is 0.897 bits per heavy atom. The van der Waals surface area contributed by atoms with Gasteiger partial charge in [-0.25, -0.2) is 0 Å². The predicted octanol–water partition coefficient (Wildman–Crippen LogP) is 4.03. The SMILES string of the molecule is Cl.N.N#CCc1c(CCl)ncc2cccnc12.N#CCc1c(CSC(=N)N)ncc2cccnc12.NC(N)=S. The molecule has 0 saturated carbocycles. The fraction of sp³-hybridized carbons (Fsp3) is 0.167. The van der Waals surface area contributed by atoms with E-state index in [4.69, 9.17) is 33.3 Å². The predicted molar refractivity (Wildman–Crippen MR) is 164 cm³/mol. The number of pyridine rings is 4. The first-order valence-electron chi connectivity index (χ1n) is 10.6. The van der Waals surface area contributed by atoms with E-state index in [0.29, 0.717) is 18.1 Å². The summed E-state index contributed by atoms with van der Waals surface area (Å²) in [6.07, 6.45) is 7.44. The highest BCUT2D eigenvalue weighted by Crippen LogP contribution is 2.22. The topological polar surface area (TPSA) is 236 Å². The van der Waals surface area contributed by atoms with E-state index in [1.807, 2.05) is 24.3 Å².